The van der Waals surface area contributed by atoms with Crippen molar-refractivity contribution in [2.75, 3.05) is 0 Å². The van der Waals surface area contributed by atoms with E-state index in [9.17, 15) is 9.59 Å². The van der Waals surface area contributed by atoms with E-state index in [4.69, 9.17) is 9.47 Å². The van der Waals surface area contributed by atoms with Crippen molar-refractivity contribution in [2.24, 2.45) is 0 Å². The van der Waals surface area contributed by atoms with E-state index >= 15 is 0 Å². The van der Waals surface area contributed by atoms with Gasteiger partial charge in [-0.15, -0.1) is 0 Å². The third-order valence-electron chi connectivity index (χ3n) is 4.18. The molecular weight excluding hydrogens is 304 g/mol. The zero-order valence-corrected chi connectivity index (χ0v) is 14.5. The van der Waals surface area contributed by atoms with Crippen LogP contribution < -0.4 is 0 Å². The number of cyclic esters (lactones) is 1. The van der Waals surface area contributed by atoms with Gasteiger partial charge in [0.25, 0.3) is 0 Å². The smallest absolute Gasteiger partial charge is 0.331 e. The van der Waals surface area contributed by atoms with E-state index < -0.39 is 0 Å². The summed E-state index contributed by atoms with van der Waals surface area (Å²) in [5, 5.41) is 0. The van der Waals surface area contributed by atoms with Crippen LogP contribution >= 0.6 is 0 Å². The van der Waals surface area contributed by atoms with E-state index in [1.54, 1.807) is 6.08 Å². The Hall–Kier alpha value is -2.10. The lowest BCUT2D eigenvalue weighted by Crippen LogP contribution is -2.11. The molecule has 0 radical (unpaired) electrons. The lowest BCUT2D eigenvalue weighted by molar-refractivity contribution is -0.142. The molecule has 1 aliphatic rings. The Balaban J connectivity index is 1.93. The first kappa shape index (κ1) is 18.2. The maximum absolute atomic E-state index is 11.7. The molecule has 0 fully saturated rings. The van der Waals surface area contributed by atoms with Crippen molar-refractivity contribution in [3.63, 3.8) is 0 Å². The van der Waals surface area contributed by atoms with Gasteiger partial charge in [0.05, 0.1) is 0 Å². The van der Waals surface area contributed by atoms with Crippen molar-refractivity contribution >= 4 is 17.5 Å². The molecule has 0 aromatic heterocycles. The zero-order valence-electron chi connectivity index (χ0n) is 14.5. The molecule has 2 rings (SSSR count). The number of hydrogen-bond acceptors (Lipinski definition) is 4. The molecule has 4 heteroatoms. The highest BCUT2D eigenvalue weighted by Gasteiger charge is 2.26. The number of hydrogen-bond donors (Lipinski definition) is 0. The summed E-state index contributed by atoms with van der Waals surface area (Å²) in [4.78, 5) is 22.5. The third kappa shape index (κ3) is 5.52. The molecule has 1 unspecified atom stereocenters. The zero-order chi connectivity index (χ0) is 17.4. The first-order valence-corrected chi connectivity index (χ1v) is 8.75. The summed E-state index contributed by atoms with van der Waals surface area (Å²) in [6.45, 7) is 3.86. The quantitative estimate of drug-likeness (QED) is 0.497. The topological polar surface area (TPSA) is 52.6 Å². The molecule has 1 aromatic carbocycles. The van der Waals surface area contributed by atoms with E-state index in [1.165, 1.54) is 32.6 Å². The molecule has 1 aromatic rings. The van der Waals surface area contributed by atoms with Gasteiger partial charge in [0, 0.05) is 18.6 Å². The summed E-state index contributed by atoms with van der Waals surface area (Å²) in [5.41, 5.74) is 2.87. The number of carbonyl (C=O) groups is 2. The molecular formula is C20H26O4. The molecule has 1 aliphatic heterocycles. The maximum atomic E-state index is 11.7. The van der Waals surface area contributed by atoms with Crippen molar-refractivity contribution in [3.05, 3.63) is 41.5 Å². The van der Waals surface area contributed by atoms with Gasteiger partial charge in [-0.25, -0.2) is 4.79 Å². The molecule has 0 saturated carbocycles. The normalized spacial score (nSPS) is 16.7. The maximum Gasteiger partial charge on any atom is 0.331 e. The second-order valence-corrected chi connectivity index (χ2v) is 6.21. The van der Waals surface area contributed by atoms with Crippen LogP contribution in [0.15, 0.2) is 30.3 Å². The van der Waals surface area contributed by atoms with Gasteiger partial charge in [-0.05, 0) is 24.0 Å². The summed E-state index contributed by atoms with van der Waals surface area (Å²) in [6.07, 6.45) is 8.30. The summed E-state index contributed by atoms with van der Waals surface area (Å²) >= 11 is 0. The van der Waals surface area contributed by atoms with Gasteiger partial charge in [-0.2, -0.15) is 0 Å². The average molecular weight is 330 g/mol. The molecule has 4 nitrogen and oxygen atoms in total. The Kier molecular flexibility index (Phi) is 7.04. The number of ether oxygens (including phenoxy) is 2. The van der Waals surface area contributed by atoms with Gasteiger partial charge in [-0.3, -0.25) is 4.79 Å². The van der Waals surface area contributed by atoms with Crippen LogP contribution in [0.1, 0.15) is 63.5 Å². The number of rotatable bonds is 9. The lowest BCUT2D eigenvalue weighted by atomic mass is 9.96. The van der Waals surface area contributed by atoms with Gasteiger partial charge in [0.2, 0.25) is 0 Å². The highest BCUT2D eigenvalue weighted by molar-refractivity contribution is 5.97. The highest BCUT2D eigenvalue weighted by atomic mass is 16.5. The fraction of sp³-hybridized carbons (Fsp3) is 0.500. The van der Waals surface area contributed by atoms with E-state index in [0.29, 0.717) is 0 Å². The predicted molar refractivity (Wildman–Crippen MR) is 93.1 cm³/mol. The monoisotopic (exact) mass is 330 g/mol. The Morgan fingerprint density at radius 1 is 1.12 bits per heavy atom. The van der Waals surface area contributed by atoms with Crippen LogP contribution in [0.25, 0.3) is 5.57 Å². The SMILES string of the molecule is CCCCCCCC1OC(=O)C=C1c1ccc(COC(C)=O)cc1. The van der Waals surface area contributed by atoms with Crippen LogP contribution in [0.4, 0.5) is 0 Å². The standard InChI is InChI=1S/C20H26O4/c1-3-4-5-6-7-8-19-18(13-20(22)24-19)17-11-9-16(10-12-17)14-23-15(2)21/h9-13,19H,3-8,14H2,1-2H3. The van der Waals surface area contributed by atoms with E-state index in [0.717, 1.165) is 29.5 Å². The second kappa shape index (κ2) is 9.26. The fourth-order valence-corrected chi connectivity index (χ4v) is 2.85. The fourth-order valence-electron chi connectivity index (χ4n) is 2.85. The minimum atomic E-state index is -0.292. The van der Waals surface area contributed by atoms with Crippen LogP contribution in [0.3, 0.4) is 0 Å². The molecule has 0 N–H and O–H groups in total. The largest absolute Gasteiger partial charge is 0.461 e. The Bertz CT molecular complexity index is 586. The number of carbonyl (C=O) groups excluding carboxylic acids is 2. The molecule has 0 amide bonds. The van der Waals surface area contributed by atoms with Crippen LogP contribution in [0.5, 0.6) is 0 Å². The summed E-state index contributed by atoms with van der Waals surface area (Å²) in [5.74, 6) is -0.549. The minimum absolute atomic E-state index is 0.140. The first-order chi connectivity index (χ1) is 11.6. The Morgan fingerprint density at radius 2 is 1.83 bits per heavy atom. The number of esters is 2. The highest BCUT2D eigenvalue weighted by Crippen LogP contribution is 2.30. The van der Waals surface area contributed by atoms with Gasteiger partial charge < -0.3 is 9.47 Å². The Morgan fingerprint density at radius 3 is 2.50 bits per heavy atom. The van der Waals surface area contributed by atoms with Gasteiger partial charge >= 0.3 is 11.9 Å². The van der Waals surface area contributed by atoms with Gasteiger partial charge in [0.15, 0.2) is 0 Å². The first-order valence-electron chi connectivity index (χ1n) is 8.75. The summed E-state index contributed by atoms with van der Waals surface area (Å²) in [7, 11) is 0. The Labute approximate surface area is 143 Å². The van der Waals surface area contributed by atoms with Crippen molar-refractivity contribution in [3.8, 4) is 0 Å². The van der Waals surface area contributed by atoms with Crippen molar-refractivity contribution in [1.82, 2.24) is 0 Å². The lowest BCUT2D eigenvalue weighted by Gasteiger charge is -2.15. The molecule has 24 heavy (non-hydrogen) atoms. The average Bonchev–Trinajstić information content (AvgIpc) is 2.94. The van der Waals surface area contributed by atoms with E-state index in [1.807, 2.05) is 24.3 Å². The molecule has 0 bridgehead atoms. The summed E-state index contributed by atoms with van der Waals surface area (Å²) in [6, 6.07) is 7.74. The van der Waals surface area contributed by atoms with Crippen molar-refractivity contribution in [1.29, 1.82) is 0 Å². The number of benzene rings is 1. The van der Waals surface area contributed by atoms with Gasteiger partial charge in [-0.1, -0.05) is 56.9 Å². The van der Waals surface area contributed by atoms with Crippen LogP contribution in [0, 0.1) is 0 Å². The van der Waals surface area contributed by atoms with Crippen LogP contribution in [-0.4, -0.2) is 18.0 Å². The van der Waals surface area contributed by atoms with E-state index in [2.05, 4.69) is 6.92 Å². The van der Waals surface area contributed by atoms with Crippen LogP contribution in [0.2, 0.25) is 0 Å². The van der Waals surface area contributed by atoms with Crippen molar-refractivity contribution < 1.29 is 19.1 Å². The van der Waals surface area contributed by atoms with Gasteiger partial charge in [0.1, 0.15) is 12.7 Å². The molecule has 1 heterocycles. The van der Waals surface area contributed by atoms with Crippen LogP contribution in [-0.2, 0) is 25.7 Å². The molecule has 130 valence electrons. The van der Waals surface area contributed by atoms with E-state index in [-0.39, 0.29) is 24.6 Å². The third-order valence-corrected chi connectivity index (χ3v) is 4.18. The summed E-state index contributed by atoms with van der Waals surface area (Å²) < 4.78 is 10.4. The van der Waals surface area contributed by atoms with Crippen molar-refractivity contribution in [2.45, 2.75) is 65.1 Å². The number of unbranched alkanes of at least 4 members (excludes halogenated alkanes) is 4. The molecule has 0 aliphatic carbocycles. The molecule has 0 saturated heterocycles. The molecule has 0 spiro atoms. The minimum Gasteiger partial charge on any atom is -0.461 e. The second-order valence-electron chi connectivity index (χ2n) is 6.21. The molecule has 1 atom stereocenters. The predicted octanol–water partition coefficient (Wildman–Crippen LogP) is 4.42.